The lowest BCUT2D eigenvalue weighted by molar-refractivity contribution is -0.147. The molecule has 1 fully saturated rings. The van der Waals surface area contributed by atoms with E-state index in [-0.39, 0.29) is 30.5 Å². The summed E-state index contributed by atoms with van der Waals surface area (Å²) < 4.78 is 3.24. The molecule has 9 nitrogen and oxygen atoms in total. The zero-order valence-corrected chi connectivity index (χ0v) is 18.1. The summed E-state index contributed by atoms with van der Waals surface area (Å²) in [5.74, 6) is 0.106. The highest BCUT2D eigenvalue weighted by atomic mass is 16.2. The van der Waals surface area contributed by atoms with E-state index in [9.17, 15) is 14.4 Å². The predicted octanol–water partition coefficient (Wildman–Crippen LogP) is 1.88. The molecule has 0 aromatic carbocycles. The first-order valence-electron chi connectivity index (χ1n) is 10.4. The lowest BCUT2D eigenvalue weighted by Gasteiger charge is -2.43. The van der Waals surface area contributed by atoms with Gasteiger partial charge < -0.3 is 10.2 Å². The number of likely N-dealkylation sites (tertiary alicyclic amines) is 1. The van der Waals surface area contributed by atoms with E-state index in [1.165, 1.54) is 4.57 Å². The second kappa shape index (κ2) is 8.81. The second-order valence-electron chi connectivity index (χ2n) is 8.01. The van der Waals surface area contributed by atoms with Crippen LogP contribution in [0.1, 0.15) is 50.9 Å². The lowest BCUT2D eigenvalue weighted by Crippen LogP contribution is -2.59. The van der Waals surface area contributed by atoms with E-state index in [2.05, 4.69) is 15.4 Å². The van der Waals surface area contributed by atoms with Crippen molar-refractivity contribution in [2.45, 2.75) is 72.0 Å². The summed E-state index contributed by atoms with van der Waals surface area (Å²) in [6, 6.07) is 3.57. The van der Waals surface area contributed by atoms with Crippen LogP contribution in [0.4, 0.5) is 5.82 Å². The van der Waals surface area contributed by atoms with Gasteiger partial charge in [0.05, 0.1) is 0 Å². The third-order valence-electron chi connectivity index (χ3n) is 5.78. The van der Waals surface area contributed by atoms with E-state index in [1.807, 2.05) is 19.9 Å². The van der Waals surface area contributed by atoms with Crippen molar-refractivity contribution < 1.29 is 9.59 Å². The summed E-state index contributed by atoms with van der Waals surface area (Å²) in [5.41, 5.74) is 0.124. The number of anilines is 1. The molecule has 0 unspecified atom stereocenters. The van der Waals surface area contributed by atoms with Gasteiger partial charge in [-0.25, -0.2) is 4.79 Å². The molecule has 2 amide bonds. The first-order chi connectivity index (χ1) is 14.2. The van der Waals surface area contributed by atoms with Crippen LogP contribution in [0.25, 0.3) is 0 Å². The fourth-order valence-electron chi connectivity index (χ4n) is 4.00. The minimum atomic E-state index is -0.948. The van der Waals surface area contributed by atoms with Gasteiger partial charge in [-0.1, -0.05) is 0 Å². The molecule has 3 rings (SSSR count). The maximum Gasteiger partial charge on any atom is 0.347 e. The molecule has 2 aromatic rings. The van der Waals surface area contributed by atoms with Crippen molar-refractivity contribution in [1.29, 1.82) is 0 Å². The predicted molar refractivity (Wildman–Crippen MR) is 113 cm³/mol. The van der Waals surface area contributed by atoms with Gasteiger partial charge in [-0.15, -0.1) is 0 Å². The monoisotopic (exact) mass is 414 g/mol. The number of aromatic nitrogens is 4. The standard InChI is InChI=1S/C21H30N6O3/c1-5-25-12-8-17(24-25)23-19(29)21(4)10-6-7-11-27(21)18(28)9-13-26-16(3)14-15(2)22-20(26)30/h8,12,14H,5-7,9-11,13H2,1-4H3,(H,23,24,29)/t21-/m1/s1. The van der Waals surface area contributed by atoms with Crippen LogP contribution in [0, 0.1) is 13.8 Å². The molecular weight excluding hydrogens is 384 g/mol. The summed E-state index contributed by atoms with van der Waals surface area (Å²) in [6.45, 7) is 8.85. The van der Waals surface area contributed by atoms with E-state index >= 15 is 0 Å². The Morgan fingerprint density at radius 3 is 2.70 bits per heavy atom. The van der Waals surface area contributed by atoms with E-state index < -0.39 is 5.54 Å². The Kier molecular flexibility index (Phi) is 6.38. The molecular formula is C21H30N6O3. The Morgan fingerprint density at radius 1 is 1.27 bits per heavy atom. The van der Waals surface area contributed by atoms with Gasteiger partial charge >= 0.3 is 5.69 Å². The molecule has 0 bridgehead atoms. The third-order valence-corrected chi connectivity index (χ3v) is 5.78. The lowest BCUT2D eigenvalue weighted by atomic mass is 9.87. The normalized spacial score (nSPS) is 19.0. The third kappa shape index (κ3) is 4.44. The van der Waals surface area contributed by atoms with Gasteiger partial charge in [-0.2, -0.15) is 10.1 Å². The first-order valence-corrected chi connectivity index (χ1v) is 10.4. The van der Waals surface area contributed by atoms with Crippen LogP contribution in [0.2, 0.25) is 0 Å². The Bertz CT molecular complexity index is 995. The number of hydrogen-bond donors (Lipinski definition) is 1. The van der Waals surface area contributed by atoms with E-state index in [1.54, 1.807) is 35.7 Å². The van der Waals surface area contributed by atoms with E-state index in [0.717, 1.165) is 18.5 Å². The molecule has 1 N–H and O–H groups in total. The van der Waals surface area contributed by atoms with Gasteiger partial charge in [0, 0.05) is 49.7 Å². The van der Waals surface area contributed by atoms with Crippen LogP contribution in [0.3, 0.4) is 0 Å². The molecule has 1 atom stereocenters. The van der Waals surface area contributed by atoms with Crippen molar-refractivity contribution in [3.05, 3.63) is 40.2 Å². The zero-order valence-electron chi connectivity index (χ0n) is 18.1. The van der Waals surface area contributed by atoms with Gasteiger partial charge in [-0.05, 0) is 53.0 Å². The number of piperidine rings is 1. The van der Waals surface area contributed by atoms with Gasteiger partial charge in [0.1, 0.15) is 5.54 Å². The molecule has 0 saturated carbocycles. The quantitative estimate of drug-likeness (QED) is 0.778. The van der Waals surface area contributed by atoms with E-state index in [0.29, 0.717) is 31.0 Å². The molecule has 3 heterocycles. The number of amides is 2. The number of hydrogen-bond acceptors (Lipinski definition) is 5. The molecule has 0 spiro atoms. The smallest absolute Gasteiger partial charge is 0.328 e. The summed E-state index contributed by atoms with van der Waals surface area (Å²) in [4.78, 5) is 43.9. The number of aryl methyl sites for hydroxylation is 3. The van der Waals surface area contributed by atoms with Gasteiger partial charge in [0.2, 0.25) is 5.91 Å². The number of nitrogens with one attached hydrogen (secondary N) is 1. The fraction of sp³-hybridized carbons (Fsp3) is 0.571. The minimum Gasteiger partial charge on any atom is -0.328 e. The molecule has 162 valence electrons. The van der Waals surface area contributed by atoms with Crippen molar-refractivity contribution in [2.75, 3.05) is 11.9 Å². The van der Waals surface area contributed by atoms with Crippen molar-refractivity contribution in [3.63, 3.8) is 0 Å². The second-order valence-corrected chi connectivity index (χ2v) is 8.01. The Balaban J connectivity index is 1.73. The Labute approximate surface area is 176 Å². The van der Waals surface area contributed by atoms with Gasteiger partial charge in [0.15, 0.2) is 5.82 Å². The summed E-state index contributed by atoms with van der Waals surface area (Å²) in [5, 5.41) is 7.16. The van der Waals surface area contributed by atoms with Crippen LogP contribution in [-0.4, -0.2) is 48.1 Å². The van der Waals surface area contributed by atoms with Gasteiger partial charge in [0.25, 0.3) is 5.91 Å². The zero-order chi connectivity index (χ0) is 21.9. The van der Waals surface area contributed by atoms with Gasteiger partial charge in [-0.3, -0.25) is 18.8 Å². The molecule has 9 heteroatoms. The Hall–Kier alpha value is -2.97. The maximum atomic E-state index is 13.1. The van der Waals surface area contributed by atoms with Crippen LogP contribution in [0.5, 0.6) is 0 Å². The summed E-state index contributed by atoms with van der Waals surface area (Å²) >= 11 is 0. The van der Waals surface area contributed by atoms with Crippen molar-refractivity contribution in [1.82, 2.24) is 24.2 Å². The molecule has 0 radical (unpaired) electrons. The number of rotatable bonds is 6. The topological polar surface area (TPSA) is 102 Å². The highest BCUT2D eigenvalue weighted by molar-refractivity contribution is 5.99. The fourth-order valence-corrected chi connectivity index (χ4v) is 4.00. The highest BCUT2D eigenvalue weighted by Gasteiger charge is 2.43. The van der Waals surface area contributed by atoms with Crippen LogP contribution in [-0.2, 0) is 22.7 Å². The van der Waals surface area contributed by atoms with Crippen LogP contribution >= 0.6 is 0 Å². The van der Waals surface area contributed by atoms with Crippen molar-refractivity contribution >= 4 is 17.6 Å². The van der Waals surface area contributed by atoms with Crippen molar-refractivity contribution in [3.8, 4) is 0 Å². The highest BCUT2D eigenvalue weighted by Crippen LogP contribution is 2.30. The number of carbonyl (C=O) groups excluding carboxylic acids is 2. The number of nitrogens with zero attached hydrogens (tertiary/aromatic N) is 5. The first kappa shape index (κ1) is 21.7. The van der Waals surface area contributed by atoms with Crippen LogP contribution < -0.4 is 11.0 Å². The molecule has 0 aliphatic carbocycles. The maximum absolute atomic E-state index is 13.1. The average Bonchev–Trinajstić information content (AvgIpc) is 3.15. The SMILES string of the molecule is CCn1ccc(NC(=O)[C@@]2(C)CCCCN2C(=O)CCn2c(C)cc(C)nc2=O)n1. The Morgan fingerprint density at radius 2 is 2.03 bits per heavy atom. The minimum absolute atomic E-state index is 0.138. The molecule has 1 aliphatic rings. The van der Waals surface area contributed by atoms with Crippen molar-refractivity contribution in [2.24, 2.45) is 0 Å². The van der Waals surface area contributed by atoms with E-state index in [4.69, 9.17) is 0 Å². The van der Waals surface area contributed by atoms with Crippen LogP contribution in [0.15, 0.2) is 23.1 Å². The molecule has 1 aliphatic heterocycles. The number of carbonyl (C=O) groups is 2. The molecule has 30 heavy (non-hydrogen) atoms. The average molecular weight is 415 g/mol. The summed E-state index contributed by atoms with van der Waals surface area (Å²) in [7, 11) is 0. The largest absolute Gasteiger partial charge is 0.347 e. The molecule has 1 saturated heterocycles. The summed E-state index contributed by atoms with van der Waals surface area (Å²) in [6.07, 6.45) is 4.25. The molecule has 2 aromatic heterocycles.